The van der Waals surface area contributed by atoms with Crippen LogP contribution in [0.5, 0.6) is 0 Å². The molecule has 2 amide bonds. The van der Waals surface area contributed by atoms with E-state index in [1.165, 1.54) is 0 Å². The molecular formula is C18H29N3O3. The second-order valence-electron chi connectivity index (χ2n) is 6.22. The molecule has 0 aliphatic heterocycles. The van der Waals surface area contributed by atoms with E-state index in [1.54, 1.807) is 0 Å². The lowest BCUT2D eigenvalue weighted by Crippen LogP contribution is -2.41. The maximum atomic E-state index is 11.7. The number of nitrogens with two attached hydrogens (primary N) is 1. The molecule has 0 heterocycles. The van der Waals surface area contributed by atoms with Gasteiger partial charge in [-0.15, -0.1) is 0 Å². The Hall–Kier alpha value is -2.08. The second-order valence-corrected chi connectivity index (χ2v) is 6.22. The van der Waals surface area contributed by atoms with Crippen LogP contribution in [-0.2, 0) is 16.1 Å². The molecule has 0 radical (unpaired) electrons. The highest BCUT2D eigenvalue weighted by atomic mass is 16.5. The highest BCUT2D eigenvalue weighted by Gasteiger charge is 2.13. The third-order valence-electron chi connectivity index (χ3n) is 3.45. The number of alkyl carbamates (subject to hydrolysis) is 1. The van der Waals surface area contributed by atoms with Gasteiger partial charge in [-0.1, -0.05) is 44.2 Å². The van der Waals surface area contributed by atoms with Crippen molar-refractivity contribution in [1.82, 2.24) is 10.6 Å². The summed E-state index contributed by atoms with van der Waals surface area (Å²) in [5.74, 6) is 0.288. The first-order valence-corrected chi connectivity index (χ1v) is 8.47. The number of carbonyl (C=O) groups excluding carboxylic acids is 2. The number of ether oxygens (including phenoxy) is 1. The zero-order valence-corrected chi connectivity index (χ0v) is 14.6. The first kappa shape index (κ1) is 20.0. The molecule has 0 aliphatic rings. The zero-order chi connectivity index (χ0) is 17.8. The van der Waals surface area contributed by atoms with Crippen LogP contribution in [0, 0.1) is 5.92 Å². The van der Waals surface area contributed by atoms with Gasteiger partial charge in [-0.3, -0.25) is 4.79 Å². The van der Waals surface area contributed by atoms with E-state index in [4.69, 9.17) is 10.5 Å². The summed E-state index contributed by atoms with van der Waals surface area (Å²) in [5.41, 5.74) is 6.75. The van der Waals surface area contributed by atoms with Crippen molar-refractivity contribution in [2.24, 2.45) is 11.7 Å². The molecule has 4 N–H and O–H groups in total. The van der Waals surface area contributed by atoms with Gasteiger partial charge in [-0.05, 0) is 30.7 Å². The minimum Gasteiger partial charge on any atom is -0.445 e. The quantitative estimate of drug-likeness (QED) is 0.571. The first-order valence-electron chi connectivity index (χ1n) is 8.47. The Balaban J connectivity index is 2.01. The van der Waals surface area contributed by atoms with Crippen molar-refractivity contribution in [2.75, 3.05) is 13.1 Å². The van der Waals surface area contributed by atoms with E-state index in [2.05, 4.69) is 10.6 Å². The summed E-state index contributed by atoms with van der Waals surface area (Å²) in [6.07, 6.45) is 1.79. The van der Waals surface area contributed by atoms with Crippen LogP contribution in [0.1, 0.15) is 38.7 Å². The van der Waals surface area contributed by atoms with Crippen molar-refractivity contribution in [3.05, 3.63) is 35.9 Å². The van der Waals surface area contributed by atoms with Crippen molar-refractivity contribution < 1.29 is 14.3 Å². The number of amides is 2. The number of rotatable bonds is 10. The maximum absolute atomic E-state index is 11.7. The lowest BCUT2D eigenvalue weighted by Gasteiger charge is -2.14. The molecule has 1 aromatic rings. The van der Waals surface area contributed by atoms with Gasteiger partial charge in [-0.25, -0.2) is 4.79 Å². The predicted octanol–water partition coefficient (Wildman–Crippen LogP) is 2.18. The molecular weight excluding hydrogens is 306 g/mol. The number of unbranched alkanes of at least 4 members (excludes halogenated alkanes) is 1. The predicted molar refractivity (Wildman–Crippen MR) is 94.3 cm³/mol. The molecule has 0 saturated heterocycles. The van der Waals surface area contributed by atoms with Crippen molar-refractivity contribution >= 4 is 12.0 Å². The van der Waals surface area contributed by atoms with Crippen LogP contribution in [-0.4, -0.2) is 31.1 Å². The fraction of sp³-hybridized carbons (Fsp3) is 0.556. The largest absolute Gasteiger partial charge is 0.445 e. The summed E-state index contributed by atoms with van der Waals surface area (Å²) in [6.45, 7) is 5.41. The normalized spacial score (nSPS) is 11.8. The van der Waals surface area contributed by atoms with Gasteiger partial charge in [0.2, 0.25) is 5.91 Å². The van der Waals surface area contributed by atoms with Crippen LogP contribution in [0.3, 0.4) is 0 Å². The van der Waals surface area contributed by atoms with Crippen molar-refractivity contribution in [1.29, 1.82) is 0 Å². The van der Waals surface area contributed by atoms with E-state index in [0.717, 1.165) is 18.4 Å². The Morgan fingerprint density at radius 1 is 1.08 bits per heavy atom. The minimum atomic E-state index is -0.448. The van der Waals surface area contributed by atoms with E-state index in [0.29, 0.717) is 25.4 Å². The highest BCUT2D eigenvalue weighted by molar-refractivity contribution is 5.81. The summed E-state index contributed by atoms with van der Waals surface area (Å²) < 4.78 is 5.10. The van der Waals surface area contributed by atoms with E-state index in [9.17, 15) is 9.59 Å². The first-order chi connectivity index (χ1) is 11.5. The average molecular weight is 335 g/mol. The Kier molecular flexibility index (Phi) is 9.53. The van der Waals surface area contributed by atoms with Crippen molar-refractivity contribution in [3.8, 4) is 0 Å². The molecule has 0 bridgehead atoms. The summed E-state index contributed by atoms with van der Waals surface area (Å²) in [7, 11) is 0. The fourth-order valence-corrected chi connectivity index (χ4v) is 2.17. The van der Waals surface area contributed by atoms with Crippen LogP contribution in [0.25, 0.3) is 0 Å². The lowest BCUT2D eigenvalue weighted by molar-refractivity contribution is -0.122. The third kappa shape index (κ3) is 9.15. The summed E-state index contributed by atoms with van der Waals surface area (Å²) >= 11 is 0. The smallest absolute Gasteiger partial charge is 0.407 e. The fourth-order valence-electron chi connectivity index (χ4n) is 2.17. The van der Waals surface area contributed by atoms with E-state index < -0.39 is 12.1 Å². The minimum absolute atomic E-state index is 0.112. The number of hydrogen-bond donors (Lipinski definition) is 3. The molecule has 0 spiro atoms. The third-order valence-corrected chi connectivity index (χ3v) is 3.45. The molecule has 0 unspecified atom stereocenters. The Morgan fingerprint density at radius 2 is 1.71 bits per heavy atom. The monoisotopic (exact) mass is 335 g/mol. The summed E-state index contributed by atoms with van der Waals surface area (Å²) in [5, 5.41) is 5.51. The molecule has 6 heteroatoms. The Labute approximate surface area is 144 Å². The van der Waals surface area contributed by atoms with Crippen LogP contribution in [0.2, 0.25) is 0 Å². The number of carbonyl (C=O) groups is 2. The molecule has 0 aliphatic carbocycles. The molecule has 1 aromatic carbocycles. The number of hydrogen-bond acceptors (Lipinski definition) is 4. The van der Waals surface area contributed by atoms with E-state index in [-0.39, 0.29) is 12.5 Å². The molecule has 1 atom stereocenters. The molecule has 6 nitrogen and oxygen atoms in total. The van der Waals surface area contributed by atoms with Gasteiger partial charge in [0.1, 0.15) is 6.61 Å². The van der Waals surface area contributed by atoms with E-state index >= 15 is 0 Å². The van der Waals surface area contributed by atoms with Crippen LogP contribution in [0.4, 0.5) is 4.79 Å². The van der Waals surface area contributed by atoms with Crippen LogP contribution in [0.15, 0.2) is 30.3 Å². The lowest BCUT2D eigenvalue weighted by atomic mass is 10.0. The Morgan fingerprint density at radius 3 is 2.33 bits per heavy atom. The van der Waals surface area contributed by atoms with Gasteiger partial charge in [0.15, 0.2) is 0 Å². The topological polar surface area (TPSA) is 93.5 Å². The van der Waals surface area contributed by atoms with Gasteiger partial charge in [0.05, 0.1) is 6.04 Å². The van der Waals surface area contributed by atoms with Crippen LogP contribution >= 0.6 is 0 Å². The highest BCUT2D eigenvalue weighted by Crippen LogP contribution is 2.02. The van der Waals surface area contributed by atoms with Crippen molar-refractivity contribution in [3.63, 3.8) is 0 Å². The van der Waals surface area contributed by atoms with Gasteiger partial charge in [-0.2, -0.15) is 0 Å². The number of benzene rings is 1. The molecule has 0 fully saturated rings. The van der Waals surface area contributed by atoms with E-state index in [1.807, 2.05) is 44.2 Å². The molecule has 134 valence electrons. The molecule has 0 aromatic heterocycles. The summed E-state index contributed by atoms with van der Waals surface area (Å²) in [6, 6.07) is 9.07. The number of nitrogens with one attached hydrogen (secondary N) is 2. The Bertz CT molecular complexity index is 492. The second kappa shape index (κ2) is 11.5. The van der Waals surface area contributed by atoms with Crippen LogP contribution < -0.4 is 16.4 Å². The van der Waals surface area contributed by atoms with Gasteiger partial charge in [0, 0.05) is 13.1 Å². The molecule has 0 saturated carbocycles. The maximum Gasteiger partial charge on any atom is 0.407 e. The van der Waals surface area contributed by atoms with Gasteiger partial charge in [0.25, 0.3) is 0 Å². The standard InChI is InChI=1S/C18H29N3O3/c1-14(2)12-16(19)17(22)20-10-6-7-11-21-18(23)24-13-15-8-4-3-5-9-15/h3-5,8-9,14,16H,6-7,10-13,19H2,1-2H3,(H,20,22)(H,21,23)/t16-/m0/s1. The zero-order valence-electron chi connectivity index (χ0n) is 14.6. The van der Waals surface area contributed by atoms with Gasteiger partial charge < -0.3 is 21.1 Å². The average Bonchev–Trinajstić information content (AvgIpc) is 2.56. The summed E-state index contributed by atoms with van der Waals surface area (Å²) in [4.78, 5) is 23.2. The molecule has 1 rings (SSSR count). The van der Waals surface area contributed by atoms with Gasteiger partial charge >= 0.3 is 6.09 Å². The van der Waals surface area contributed by atoms with Crippen molar-refractivity contribution in [2.45, 2.75) is 45.8 Å². The SMILES string of the molecule is CC(C)C[C@H](N)C(=O)NCCCCNC(=O)OCc1ccccc1. The molecule has 24 heavy (non-hydrogen) atoms.